The van der Waals surface area contributed by atoms with E-state index in [1.807, 2.05) is 0 Å². The van der Waals surface area contributed by atoms with Gasteiger partial charge in [0.1, 0.15) is 0 Å². The molecule has 0 aromatic heterocycles. The van der Waals surface area contributed by atoms with Crippen molar-refractivity contribution >= 4 is 36.5 Å². The first-order valence-electron chi connectivity index (χ1n) is 4.61. The standard InChI is InChI=1S/C10H11Cl2F3Si/c1-16(2,3)9-6(10(13,14)15)4-5-7(11)8(9)12/h4-5H,1-3H3. The van der Waals surface area contributed by atoms with Gasteiger partial charge in [0.2, 0.25) is 0 Å². The quantitative estimate of drug-likeness (QED) is 0.664. The fourth-order valence-corrected chi connectivity index (χ4v) is 4.60. The van der Waals surface area contributed by atoms with E-state index in [1.54, 1.807) is 19.6 Å². The van der Waals surface area contributed by atoms with Crippen LogP contribution in [-0.2, 0) is 6.18 Å². The zero-order valence-electron chi connectivity index (χ0n) is 9.04. The molecule has 0 bridgehead atoms. The van der Waals surface area contributed by atoms with Crippen LogP contribution in [0.15, 0.2) is 12.1 Å². The minimum absolute atomic E-state index is 0.0376. The van der Waals surface area contributed by atoms with Crippen molar-refractivity contribution in [2.24, 2.45) is 0 Å². The smallest absolute Gasteiger partial charge is 0.166 e. The summed E-state index contributed by atoms with van der Waals surface area (Å²) in [5.74, 6) is 0. The predicted molar refractivity (Wildman–Crippen MR) is 64.4 cm³/mol. The minimum atomic E-state index is -4.39. The van der Waals surface area contributed by atoms with Crippen molar-refractivity contribution in [3.05, 3.63) is 27.7 Å². The molecule has 0 aliphatic heterocycles. The van der Waals surface area contributed by atoms with Crippen LogP contribution in [0, 0.1) is 0 Å². The molecule has 0 aliphatic rings. The van der Waals surface area contributed by atoms with Crippen molar-refractivity contribution in [1.29, 1.82) is 0 Å². The third kappa shape index (κ3) is 2.73. The van der Waals surface area contributed by atoms with Gasteiger partial charge in [-0.3, -0.25) is 0 Å². The average molecular weight is 287 g/mol. The number of benzene rings is 1. The SMILES string of the molecule is C[Si](C)(C)c1c(C(F)(F)F)ccc(Cl)c1Cl. The van der Waals surface area contributed by atoms with Gasteiger partial charge in [0.15, 0.2) is 0 Å². The molecule has 0 spiro atoms. The maximum absolute atomic E-state index is 12.8. The summed E-state index contributed by atoms with van der Waals surface area (Å²) < 4.78 is 38.4. The molecule has 0 fully saturated rings. The largest absolute Gasteiger partial charge is 0.416 e. The minimum Gasteiger partial charge on any atom is -0.166 e. The maximum Gasteiger partial charge on any atom is 0.416 e. The van der Waals surface area contributed by atoms with Gasteiger partial charge in [-0.05, 0) is 17.3 Å². The van der Waals surface area contributed by atoms with E-state index in [4.69, 9.17) is 23.2 Å². The highest BCUT2D eigenvalue weighted by Gasteiger charge is 2.38. The second-order valence-electron chi connectivity index (χ2n) is 4.53. The summed E-state index contributed by atoms with van der Waals surface area (Å²) in [5.41, 5.74) is -0.666. The van der Waals surface area contributed by atoms with Crippen LogP contribution in [0.3, 0.4) is 0 Å². The van der Waals surface area contributed by atoms with Crippen molar-refractivity contribution in [1.82, 2.24) is 0 Å². The fourth-order valence-electron chi connectivity index (χ4n) is 1.52. The lowest BCUT2D eigenvalue weighted by Gasteiger charge is -2.24. The van der Waals surface area contributed by atoms with Gasteiger partial charge in [-0.1, -0.05) is 42.8 Å². The van der Waals surface area contributed by atoms with Gasteiger partial charge in [0, 0.05) is 0 Å². The van der Waals surface area contributed by atoms with Crippen LogP contribution in [0.5, 0.6) is 0 Å². The molecule has 0 saturated carbocycles. The Hall–Kier alpha value is -0.193. The molecule has 0 aliphatic carbocycles. The first-order valence-corrected chi connectivity index (χ1v) is 8.86. The van der Waals surface area contributed by atoms with Gasteiger partial charge >= 0.3 is 6.18 Å². The Balaban J connectivity index is 3.59. The van der Waals surface area contributed by atoms with Gasteiger partial charge < -0.3 is 0 Å². The third-order valence-electron chi connectivity index (χ3n) is 2.15. The molecular weight excluding hydrogens is 276 g/mol. The third-order valence-corrected chi connectivity index (χ3v) is 5.13. The molecule has 0 atom stereocenters. The van der Waals surface area contributed by atoms with E-state index in [0.717, 1.165) is 6.07 Å². The molecule has 1 aromatic carbocycles. The van der Waals surface area contributed by atoms with Crippen molar-refractivity contribution in [2.45, 2.75) is 25.8 Å². The lowest BCUT2D eigenvalue weighted by molar-refractivity contribution is -0.136. The zero-order valence-corrected chi connectivity index (χ0v) is 11.6. The maximum atomic E-state index is 12.8. The van der Waals surface area contributed by atoms with Crippen LogP contribution in [0.2, 0.25) is 29.7 Å². The molecule has 0 N–H and O–H groups in total. The summed E-state index contributed by atoms with van der Waals surface area (Å²) in [5, 5.41) is 0.386. The van der Waals surface area contributed by atoms with Crippen molar-refractivity contribution in [3.63, 3.8) is 0 Å². The van der Waals surface area contributed by atoms with Crippen molar-refractivity contribution in [3.8, 4) is 0 Å². The number of hydrogen-bond acceptors (Lipinski definition) is 0. The number of rotatable bonds is 1. The van der Waals surface area contributed by atoms with Crippen molar-refractivity contribution < 1.29 is 13.2 Å². The highest BCUT2D eigenvalue weighted by atomic mass is 35.5. The summed E-state index contributed by atoms with van der Waals surface area (Å²) in [6.07, 6.45) is -4.39. The van der Waals surface area contributed by atoms with Crippen LogP contribution in [0.4, 0.5) is 13.2 Å². The molecule has 0 saturated heterocycles. The number of hydrogen-bond donors (Lipinski definition) is 0. The first-order chi connectivity index (χ1) is 7.05. The summed E-state index contributed by atoms with van der Waals surface area (Å²) in [6, 6.07) is 2.19. The normalized spacial score (nSPS) is 13.0. The topological polar surface area (TPSA) is 0 Å². The lowest BCUT2D eigenvalue weighted by Crippen LogP contribution is -2.43. The summed E-state index contributed by atoms with van der Waals surface area (Å²) in [6.45, 7) is 5.42. The molecule has 90 valence electrons. The molecule has 0 unspecified atom stereocenters. The molecule has 1 rings (SSSR count). The molecule has 0 heterocycles. The molecule has 6 heteroatoms. The fraction of sp³-hybridized carbons (Fsp3) is 0.400. The number of alkyl halides is 3. The van der Waals surface area contributed by atoms with E-state index in [0.29, 0.717) is 0 Å². The molecule has 0 radical (unpaired) electrons. The molecular formula is C10H11Cl2F3Si. The van der Waals surface area contributed by atoms with Gasteiger partial charge in [0.05, 0.1) is 23.7 Å². The summed E-state index contributed by atoms with van der Waals surface area (Å²) >= 11 is 11.7. The lowest BCUT2D eigenvalue weighted by atomic mass is 10.2. The Labute approximate surface area is 103 Å². The van der Waals surface area contributed by atoms with E-state index in [2.05, 4.69) is 0 Å². The molecule has 1 aromatic rings. The second kappa shape index (κ2) is 4.24. The zero-order chi connectivity index (χ0) is 12.7. The van der Waals surface area contributed by atoms with Gasteiger partial charge in [0.25, 0.3) is 0 Å². The predicted octanol–water partition coefficient (Wildman–Crippen LogP) is 4.56. The van der Waals surface area contributed by atoms with Gasteiger partial charge in [-0.15, -0.1) is 0 Å². The van der Waals surface area contributed by atoms with Gasteiger partial charge in [-0.2, -0.15) is 13.2 Å². The van der Waals surface area contributed by atoms with Crippen LogP contribution >= 0.6 is 23.2 Å². The van der Waals surface area contributed by atoms with E-state index in [9.17, 15) is 13.2 Å². The van der Waals surface area contributed by atoms with E-state index < -0.39 is 19.8 Å². The molecule has 0 amide bonds. The number of halogens is 5. The van der Waals surface area contributed by atoms with E-state index >= 15 is 0 Å². The molecule has 16 heavy (non-hydrogen) atoms. The van der Waals surface area contributed by atoms with Crippen LogP contribution in [-0.4, -0.2) is 8.07 Å². The Morgan fingerprint density at radius 1 is 1.06 bits per heavy atom. The first kappa shape index (κ1) is 13.9. The highest BCUT2D eigenvalue weighted by molar-refractivity contribution is 6.90. The van der Waals surface area contributed by atoms with E-state index in [1.165, 1.54) is 6.07 Å². The summed E-state index contributed by atoms with van der Waals surface area (Å²) in [7, 11) is -2.20. The Kier molecular flexibility index (Phi) is 3.67. The van der Waals surface area contributed by atoms with Crippen LogP contribution in [0.1, 0.15) is 5.56 Å². The van der Waals surface area contributed by atoms with E-state index in [-0.39, 0.29) is 15.2 Å². The average Bonchev–Trinajstić information content (AvgIpc) is 2.05. The van der Waals surface area contributed by atoms with Gasteiger partial charge in [-0.25, -0.2) is 0 Å². The van der Waals surface area contributed by atoms with Crippen LogP contribution in [0.25, 0.3) is 0 Å². The van der Waals surface area contributed by atoms with Crippen LogP contribution < -0.4 is 5.19 Å². The second-order valence-corrected chi connectivity index (χ2v) is 10.3. The van der Waals surface area contributed by atoms with Crippen molar-refractivity contribution in [2.75, 3.05) is 0 Å². The Morgan fingerprint density at radius 3 is 1.94 bits per heavy atom. The Bertz CT molecular complexity index is 408. The molecule has 0 nitrogen and oxygen atoms in total. The Morgan fingerprint density at radius 2 is 1.56 bits per heavy atom. The monoisotopic (exact) mass is 286 g/mol. The highest BCUT2D eigenvalue weighted by Crippen LogP contribution is 2.34. The summed E-state index contributed by atoms with van der Waals surface area (Å²) in [4.78, 5) is 0.